The second-order valence-electron chi connectivity index (χ2n) is 7.92. The standard InChI is InChI=1S/C23H23F3N4O/c1-13-17(4-3-5-20(13)23(24,25)26)12-28-22-19-10-15(16-8-9-27-21(31)11-16)6-7-18(19)14(2)29-30-22/h3-7,10,16H,8-9,11-12H2,1-2H3,(H,27,31)(H,28,30). The zero-order valence-corrected chi connectivity index (χ0v) is 17.3. The Balaban J connectivity index is 1.66. The normalized spacial score (nSPS) is 16.9. The van der Waals surface area contributed by atoms with Crippen LogP contribution in [0.4, 0.5) is 19.0 Å². The fourth-order valence-electron chi connectivity index (χ4n) is 4.12. The molecular formula is C23H23F3N4O. The van der Waals surface area contributed by atoms with Gasteiger partial charge in [-0.2, -0.15) is 18.3 Å². The van der Waals surface area contributed by atoms with E-state index in [4.69, 9.17) is 0 Å². The summed E-state index contributed by atoms with van der Waals surface area (Å²) in [5, 5.41) is 16.2. The van der Waals surface area contributed by atoms with Gasteiger partial charge in [0.2, 0.25) is 5.91 Å². The molecule has 1 fully saturated rings. The Hall–Kier alpha value is -3.16. The van der Waals surface area contributed by atoms with Gasteiger partial charge >= 0.3 is 6.18 Å². The molecule has 1 aliphatic rings. The van der Waals surface area contributed by atoms with E-state index in [-0.39, 0.29) is 23.9 Å². The number of carbonyl (C=O) groups is 1. The van der Waals surface area contributed by atoms with Crippen LogP contribution in [0.5, 0.6) is 0 Å². The van der Waals surface area contributed by atoms with E-state index >= 15 is 0 Å². The van der Waals surface area contributed by atoms with Gasteiger partial charge in [0, 0.05) is 30.3 Å². The molecule has 1 amide bonds. The van der Waals surface area contributed by atoms with Crippen molar-refractivity contribution in [1.29, 1.82) is 0 Å². The van der Waals surface area contributed by atoms with Crippen LogP contribution in [0.1, 0.15) is 46.7 Å². The van der Waals surface area contributed by atoms with Gasteiger partial charge in [-0.1, -0.05) is 24.3 Å². The summed E-state index contributed by atoms with van der Waals surface area (Å²) in [4.78, 5) is 11.8. The van der Waals surface area contributed by atoms with Gasteiger partial charge < -0.3 is 10.6 Å². The predicted octanol–water partition coefficient (Wildman–Crippen LogP) is 4.87. The third kappa shape index (κ3) is 4.33. The van der Waals surface area contributed by atoms with Crippen molar-refractivity contribution in [1.82, 2.24) is 15.5 Å². The van der Waals surface area contributed by atoms with Crippen LogP contribution in [-0.2, 0) is 17.5 Å². The molecule has 2 N–H and O–H groups in total. The number of amides is 1. The first-order chi connectivity index (χ1) is 14.7. The lowest BCUT2D eigenvalue weighted by Gasteiger charge is -2.23. The number of rotatable bonds is 4. The number of aryl methyl sites for hydroxylation is 1. The number of hydrogen-bond acceptors (Lipinski definition) is 4. The molecule has 0 spiro atoms. The Morgan fingerprint density at radius 3 is 2.68 bits per heavy atom. The molecule has 1 aromatic heterocycles. The molecule has 1 atom stereocenters. The van der Waals surface area contributed by atoms with E-state index in [1.54, 1.807) is 6.07 Å². The van der Waals surface area contributed by atoms with Crippen LogP contribution < -0.4 is 10.6 Å². The Labute approximate surface area is 178 Å². The Morgan fingerprint density at radius 1 is 1.13 bits per heavy atom. The van der Waals surface area contributed by atoms with Crippen molar-refractivity contribution >= 4 is 22.5 Å². The summed E-state index contributed by atoms with van der Waals surface area (Å²) in [6.45, 7) is 4.18. The number of benzene rings is 2. The summed E-state index contributed by atoms with van der Waals surface area (Å²) >= 11 is 0. The summed E-state index contributed by atoms with van der Waals surface area (Å²) in [7, 11) is 0. The summed E-state index contributed by atoms with van der Waals surface area (Å²) in [6.07, 6.45) is -3.09. The SMILES string of the molecule is Cc1c(CNc2nnc(C)c3ccc(C4CCNC(=O)C4)cc23)cccc1C(F)(F)F. The number of alkyl halides is 3. The van der Waals surface area contributed by atoms with Crippen LogP contribution in [0.15, 0.2) is 36.4 Å². The van der Waals surface area contributed by atoms with Crippen LogP contribution >= 0.6 is 0 Å². The van der Waals surface area contributed by atoms with E-state index < -0.39 is 11.7 Å². The predicted molar refractivity (Wildman–Crippen MR) is 113 cm³/mol. The number of carbonyl (C=O) groups excluding carboxylic acids is 1. The lowest BCUT2D eigenvalue weighted by molar-refractivity contribution is -0.138. The molecular weight excluding hydrogens is 405 g/mol. The van der Waals surface area contributed by atoms with E-state index in [0.29, 0.717) is 24.3 Å². The van der Waals surface area contributed by atoms with Gasteiger partial charge in [-0.3, -0.25) is 4.79 Å². The van der Waals surface area contributed by atoms with Crippen molar-refractivity contribution in [2.45, 2.75) is 45.3 Å². The van der Waals surface area contributed by atoms with E-state index in [1.165, 1.54) is 13.0 Å². The van der Waals surface area contributed by atoms with Gasteiger partial charge in [0.15, 0.2) is 5.82 Å². The molecule has 1 aliphatic heterocycles. The molecule has 0 bridgehead atoms. The second kappa shape index (κ2) is 8.17. The van der Waals surface area contributed by atoms with Gasteiger partial charge in [-0.15, -0.1) is 5.10 Å². The first-order valence-electron chi connectivity index (χ1n) is 10.2. The first kappa shape index (κ1) is 21.1. The maximum Gasteiger partial charge on any atom is 0.416 e. The molecule has 0 radical (unpaired) electrons. The summed E-state index contributed by atoms with van der Waals surface area (Å²) in [5.41, 5.74) is 1.92. The summed E-state index contributed by atoms with van der Waals surface area (Å²) < 4.78 is 39.7. The maximum absolute atomic E-state index is 13.2. The fraction of sp³-hybridized carbons (Fsp3) is 0.348. The van der Waals surface area contributed by atoms with E-state index in [0.717, 1.165) is 34.5 Å². The monoisotopic (exact) mass is 428 g/mol. The molecule has 8 heteroatoms. The minimum Gasteiger partial charge on any atom is -0.364 e. The van der Waals surface area contributed by atoms with Gasteiger partial charge in [0.25, 0.3) is 0 Å². The zero-order chi connectivity index (χ0) is 22.2. The average Bonchev–Trinajstić information content (AvgIpc) is 2.73. The highest BCUT2D eigenvalue weighted by Gasteiger charge is 2.32. The molecule has 2 heterocycles. The number of aromatic nitrogens is 2. The number of fused-ring (bicyclic) bond motifs is 1. The number of piperidine rings is 1. The van der Waals surface area contributed by atoms with Crippen molar-refractivity contribution in [3.8, 4) is 0 Å². The van der Waals surface area contributed by atoms with Crippen molar-refractivity contribution < 1.29 is 18.0 Å². The van der Waals surface area contributed by atoms with E-state index in [1.807, 2.05) is 25.1 Å². The minimum atomic E-state index is -4.39. The molecule has 0 saturated carbocycles. The van der Waals surface area contributed by atoms with E-state index in [9.17, 15) is 18.0 Å². The Bertz CT molecular complexity index is 1140. The smallest absolute Gasteiger partial charge is 0.364 e. The van der Waals surface area contributed by atoms with Crippen molar-refractivity contribution in [2.75, 3.05) is 11.9 Å². The zero-order valence-electron chi connectivity index (χ0n) is 17.3. The third-order valence-corrected chi connectivity index (χ3v) is 5.90. The largest absolute Gasteiger partial charge is 0.416 e. The molecule has 4 rings (SSSR count). The summed E-state index contributed by atoms with van der Waals surface area (Å²) in [5.74, 6) is 0.684. The number of hydrogen-bond donors (Lipinski definition) is 2. The quantitative estimate of drug-likeness (QED) is 0.622. The van der Waals surface area contributed by atoms with Crippen LogP contribution in [0.25, 0.3) is 10.8 Å². The number of anilines is 1. The highest BCUT2D eigenvalue weighted by atomic mass is 19.4. The van der Waals surface area contributed by atoms with Crippen LogP contribution in [0, 0.1) is 13.8 Å². The Kier molecular flexibility index (Phi) is 5.56. The molecule has 162 valence electrons. The van der Waals surface area contributed by atoms with Gasteiger partial charge in [0.1, 0.15) is 0 Å². The van der Waals surface area contributed by atoms with Crippen molar-refractivity contribution in [2.24, 2.45) is 0 Å². The molecule has 1 unspecified atom stereocenters. The number of nitrogens with one attached hydrogen (secondary N) is 2. The molecule has 31 heavy (non-hydrogen) atoms. The number of nitrogens with zero attached hydrogens (tertiary/aromatic N) is 2. The second-order valence-corrected chi connectivity index (χ2v) is 7.92. The van der Waals surface area contributed by atoms with Crippen LogP contribution in [-0.4, -0.2) is 22.6 Å². The van der Waals surface area contributed by atoms with Gasteiger partial charge in [-0.05, 0) is 55.0 Å². The van der Waals surface area contributed by atoms with Gasteiger partial charge in [-0.25, -0.2) is 0 Å². The van der Waals surface area contributed by atoms with Gasteiger partial charge in [0.05, 0.1) is 11.3 Å². The molecule has 1 saturated heterocycles. The molecule has 2 aromatic carbocycles. The molecule has 3 aromatic rings. The highest BCUT2D eigenvalue weighted by molar-refractivity contribution is 5.93. The topological polar surface area (TPSA) is 66.9 Å². The lowest BCUT2D eigenvalue weighted by Crippen LogP contribution is -2.32. The van der Waals surface area contributed by atoms with Crippen LogP contribution in [0.3, 0.4) is 0 Å². The average molecular weight is 428 g/mol. The Morgan fingerprint density at radius 2 is 1.94 bits per heavy atom. The van der Waals surface area contributed by atoms with Crippen molar-refractivity contribution in [3.05, 3.63) is 64.3 Å². The maximum atomic E-state index is 13.2. The van der Waals surface area contributed by atoms with Crippen molar-refractivity contribution in [3.63, 3.8) is 0 Å². The molecule has 5 nitrogen and oxygen atoms in total. The molecule has 0 aliphatic carbocycles. The highest BCUT2D eigenvalue weighted by Crippen LogP contribution is 2.34. The third-order valence-electron chi connectivity index (χ3n) is 5.90. The summed E-state index contributed by atoms with van der Waals surface area (Å²) in [6, 6.07) is 10.2. The minimum absolute atomic E-state index is 0.0405. The first-order valence-corrected chi connectivity index (χ1v) is 10.2. The lowest BCUT2D eigenvalue weighted by atomic mass is 9.88. The number of halogens is 3. The fourth-order valence-corrected chi connectivity index (χ4v) is 4.12. The van der Waals surface area contributed by atoms with Crippen LogP contribution in [0.2, 0.25) is 0 Å². The van der Waals surface area contributed by atoms with E-state index in [2.05, 4.69) is 20.8 Å².